The fraction of sp³-hybridized carbons (Fsp3) is 0.436. The third-order valence-corrected chi connectivity index (χ3v) is 9.55. The Kier molecular flexibility index (Phi) is 10.8. The van der Waals surface area contributed by atoms with Gasteiger partial charge in [0.2, 0.25) is 5.82 Å². The minimum absolute atomic E-state index is 0.0549. The Morgan fingerprint density at radius 1 is 0.744 bits per heavy atom. The first-order valence-corrected chi connectivity index (χ1v) is 16.3. The third-order valence-electron chi connectivity index (χ3n) is 9.55. The highest BCUT2D eigenvalue weighted by atomic mass is 19.2. The van der Waals surface area contributed by atoms with Crippen molar-refractivity contribution >= 4 is 5.57 Å². The van der Waals surface area contributed by atoms with Gasteiger partial charge in [0.15, 0.2) is 11.6 Å². The van der Waals surface area contributed by atoms with E-state index in [0.717, 1.165) is 73.5 Å². The van der Waals surface area contributed by atoms with E-state index in [1.807, 2.05) is 24.3 Å². The maximum Gasteiger partial charge on any atom is 0.201 e. The van der Waals surface area contributed by atoms with E-state index in [1.165, 1.54) is 31.7 Å². The van der Waals surface area contributed by atoms with Gasteiger partial charge in [-0.1, -0.05) is 80.8 Å². The summed E-state index contributed by atoms with van der Waals surface area (Å²) < 4.78 is 50.5. The van der Waals surface area contributed by atoms with E-state index in [1.54, 1.807) is 24.3 Å². The molecule has 0 amide bonds. The summed E-state index contributed by atoms with van der Waals surface area (Å²) in [7, 11) is 0. The van der Waals surface area contributed by atoms with Crippen molar-refractivity contribution in [3.63, 3.8) is 0 Å². The molecule has 43 heavy (non-hydrogen) atoms. The van der Waals surface area contributed by atoms with E-state index in [2.05, 4.69) is 32.1 Å². The molecule has 1 saturated carbocycles. The predicted octanol–water partition coefficient (Wildman–Crippen LogP) is 12.0. The number of hydrogen-bond donors (Lipinski definition) is 0. The molecule has 1 atom stereocenters. The van der Waals surface area contributed by atoms with Crippen molar-refractivity contribution < 1.29 is 17.9 Å². The maximum atomic E-state index is 15.4. The van der Waals surface area contributed by atoms with Crippen LogP contribution in [-0.4, -0.2) is 6.61 Å². The molecule has 5 rings (SSSR count). The summed E-state index contributed by atoms with van der Waals surface area (Å²) in [6.45, 7) is 4.60. The molecule has 0 bridgehead atoms. The van der Waals surface area contributed by atoms with Crippen LogP contribution in [0.4, 0.5) is 13.2 Å². The smallest absolute Gasteiger partial charge is 0.201 e. The van der Waals surface area contributed by atoms with Gasteiger partial charge < -0.3 is 4.74 Å². The summed E-state index contributed by atoms with van der Waals surface area (Å²) in [6, 6.07) is 15.6. The summed E-state index contributed by atoms with van der Waals surface area (Å²) in [5.74, 6) is 0.116. The summed E-state index contributed by atoms with van der Waals surface area (Å²) in [6.07, 6.45) is 19.2. The highest BCUT2D eigenvalue weighted by Gasteiger charge is 2.28. The molecule has 2 aliphatic carbocycles. The van der Waals surface area contributed by atoms with E-state index in [9.17, 15) is 8.78 Å². The lowest BCUT2D eigenvalue weighted by Crippen LogP contribution is -2.22. The number of benzene rings is 3. The summed E-state index contributed by atoms with van der Waals surface area (Å²) in [5.41, 5.74) is 4.14. The van der Waals surface area contributed by atoms with Gasteiger partial charge in [-0.2, -0.15) is 4.39 Å². The summed E-state index contributed by atoms with van der Waals surface area (Å²) in [4.78, 5) is 0. The molecular weight excluding hydrogens is 541 g/mol. The third kappa shape index (κ3) is 7.63. The number of allylic oxidation sites excluding steroid dienone is 4. The van der Waals surface area contributed by atoms with E-state index < -0.39 is 11.6 Å². The molecule has 0 heterocycles. The fourth-order valence-electron chi connectivity index (χ4n) is 6.98. The van der Waals surface area contributed by atoms with Crippen molar-refractivity contribution in [3.05, 3.63) is 95.8 Å². The molecule has 1 unspecified atom stereocenters. The highest BCUT2D eigenvalue weighted by Crippen LogP contribution is 2.42. The Hall–Kier alpha value is -3.27. The molecule has 228 valence electrons. The van der Waals surface area contributed by atoms with Crippen LogP contribution in [-0.2, 0) is 0 Å². The Balaban J connectivity index is 1.21. The quantitative estimate of drug-likeness (QED) is 0.160. The van der Waals surface area contributed by atoms with Crippen LogP contribution in [0.25, 0.3) is 27.8 Å². The van der Waals surface area contributed by atoms with Crippen LogP contribution < -0.4 is 4.74 Å². The molecule has 3 aromatic rings. The van der Waals surface area contributed by atoms with Crippen molar-refractivity contribution in [1.29, 1.82) is 0 Å². The SMILES string of the molecule is C/C=C/C1CCC(C2CC=C(c3ccc(-c4ccc(-c5ccc(OCCCCCC)c(F)c5F)cc4)cc3F)CC2)CC1. The maximum absolute atomic E-state index is 15.4. The Bertz CT molecular complexity index is 1410. The van der Waals surface area contributed by atoms with E-state index in [-0.39, 0.29) is 17.1 Å². The number of halogens is 3. The molecule has 3 aromatic carbocycles. The molecule has 1 nitrogen and oxygen atoms in total. The van der Waals surface area contributed by atoms with Gasteiger partial charge in [0.05, 0.1) is 6.61 Å². The molecular formula is C39H45F3O. The topological polar surface area (TPSA) is 9.23 Å². The molecule has 2 aliphatic rings. The van der Waals surface area contributed by atoms with Crippen LogP contribution in [0, 0.1) is 35.2 Å². The van der Waals surface area contributed by atoms with Crippen molar-refractivity contribution in [2.45, 2.75) is 84.5 Å². The number of hydrogen-bond acceptors (Lipinski definition) is 1. The van der Waals surface area contributed by atoms with E-state index >= 15 is 4.39 Å². The zero-order valence-corrected chi connectivity index (χ0v) is 25.7. The van der Waals surface area contributed by atoms with Gasteiger partial charge in [-0.25, -0.2) is 8.78 Å². The summed E-state index contributed by atoms with van der Waals surface area (Å²) in [5, 5.41) is 0. The molecule has 0 aliphatic heterocycles. The monoisotopic (exact) mass is 586 g/mol. The minimum atomic E-state index is -0.963. The second-order valence-electron chi connectivity index (χ2n) is 12.4. The van der Waals surface area contributed by atoms with Gasteiger partial charge in [-0.3, -0.25) is 0 Å². The second-order valence-corrected chi connectivity index (χ2v) is 12.4. The van der Waals surface area contributed by atoms with Gasteiger partial charge in [-0.05, 0) is 117 Å². The number of ether oxygens (including phenoxy) is 1. The Morgan fingerprint density at radius 3 is 2.14 bits per heavy atom. The first-order chi connectivity index (χ1) is 21.0. The van der Waals surface area contributed by atoms with Crippen molar-refractivity contribution in [2.75, 3.05) is 6.61 Å². The largest absolute Gasteiger partial charge is 0.490 e. The van der Waals surface area contributed by atoms with Crippen LogP contribution in [0.15, 0.2) is 72.8 Å². The van der Waals surface area contributed by atoms with Crippen LogP contribution in [0.2, 0.25) is 0 Å². The van der Waals surface area contributed by atoms with Gasteiger partial charge in [-0.15, -0.1) is 0 Å². The summed E-state index contributed by atoms with van der Waals surface area (Å²) >= 11 is 0. The van der Waals surface area contributed by atoms with E-state index in [0.29, 0.717) is 23.7 Å². The average molecular weight is 587 g/mol. The second kappa shape index (κ2) is 14.9. The van der Waals surface area contributed by atoms with Crippen LogP contribution in [0.3, 0.4) is 0 Å². The molecule has 1 fully saturated rings. The number of unbranched alkanes of at least 4 members (excludes halogenated alkanes) is 3. The van der Waals surface area contributed by atoms with Crippen LogP contribution in [0.5, 0.6) is 5.75 Å². The van der Waals surface area contributed by atoms with Crippen LogP contribution >= 0.6 is 0 Å². The molecule has 0 spiro atoms. The van der Waals surface area contributed by atoms with Gasteiger partial charge >= 0.3 is 0 Å². The Morgan fingerprint density at radius 2 is 1.47 bits per heavy atom. The zero-order valence-electron chi connectivity index (χ0n) is 25.7. The molecule has 4 heteroatoms. The molecule has 0 aromatic heterocycles. The normalized spacial score (nSPS) is 20.8. The van der Waals surface area contributed by atoms with Gasteiger partial charge in [0.25, 0.3) is 0 Å². The van der Waals surface area contributed by atoms with E-state index in [4.69, 9.17) is 4.74 Å². The van der Waals surface area contributed by atoms with Crippen molar-refractivity contribution in [2.24, 2.45) is 17.8 Å². The predicted molar refractivity (Wildman–Crippen MR) is 172 cm³/mol. The lowest BCUT2D eigenvalue weighted by atomic mass is 9.71. The first kappa shape index (κ1) is 31.2. The van der Waals surface area contributed by atoms with Gasteiger partial charge in [0, 0.05) is 11.1 Å². The molecule has 0 N–H and O–H groups in total. The minimum Gasteiger partial charge on any atom is -0.490 e. The fourth-order valence-corrected chi connectivity index (χ4v) is 6.98. The molecule has 0 saturated heterocycles. The number of rotatable bonds is 11. The van der Waals surface area contributed by atoms with Crippen molar-refractivity contribution in [1.82, 2.24) is 0 Å². The standard InChI is InChI=1S/C39H45F3O/c1-3-5-6-7-25-43-37-24-23-35(38(41)39(37)42)32-19-15-30(16-20-32)33-21-22-34(36(40)26-33)31-17-13-29(14-18-31)28-11-9-27(8-4-2)10-12-28/h4,8,15-17,19-24,26-29H,3,5-7,9-14,18,25H2,1-2H3/b8-4+. The lowest BCUT2D eigenvalue weighted by Gasteiger charge is -2.35. The van der Waals surface area contributed by atoms with Crippen molar-refractivity contribution in [3.8, 4) is 28.0 Å². The lowest BCUT2D eigenvalue weighted by molar-refractivity contribution is 0.212. The molecule has 0 radical (unpaired) electrons. The average Bonchev–Trinajstić information content (AvgIpc) is 3.04. The zero-order chi connectivity index (χ0) is 30.2. The van der Waals surface area contributed by atoms with Crippen LogP contribution in [0.1, 0.15) is 90.0 Å². The Labute approximate surface area is 255 Å². The van der Waals surface area contributed by atoms with Gasteiger partial charge in [0.1, 0.15) is 5.82 Å². The first-order valence-electron chi connectivity index (χ1n) is 16.3. The highest BCUT2D eigenvalue weighted by molar-refractivity contribution is 5.74.